The first-order chi connectivity index (χ1) is 14.4. The van der Waals surface area contributed by atoms with Crippen LogP contribution >= 0.6 is 0 Å². The molecule has 2 aliphatic carbocycles. The van der Waals surface area contributed by atoms with Crippen molar-refractivity contribution in [2.75, 3.05) is 13.1 Å². The first kappa shape index (κ1) is 23.0. The number of aromatic nitrogens is 1. The van der Waals surface area contributed by atoms with Crippen LogP contribution in [0.3, 0.4) is 0 Å². The maximum absolute atomic E-state index is 12.6. The molecule has 170 valence electrons. The molecule has 0 unspecified atom stereocenters. The van der Waals surface area contributed by atoms with Gasteiger partial charge in [-0.3, -0.25) is 14.4 Å². The second kappa shape index (κ2) is 8.48. The Morgan fingerprint density at radius 3 is 2.52 bits per heavy atom. The van der Waals surface area contributed by atoms with E-state index >= 15 is 0 Å². The minimum atomic E-state index is -0.557. The van der Waals surface area contributed by atoms with E-state index in [0.717, 1.165) is 12.8 Å². The molecule has 3 rings (SSSR count). The zero-order chi connectivity index (χ0) is 23.0. The van der Waals surface area contributed by atoms with Crippen LogP contribution in [0.15, 0.2) is 10.9 Å². The van der Waals surface area contributed by atoms with Crippen LogP contribution in [0.2, 0.25) is 0 Å². The molecule has 0 atom stereocenters. The van der Waals surface area contributed by atoms with Gasteiger partial charge >= 0.3 is 6.09 Å². The molecule has 8 heteroatoms. The summed E-state index contributed by atoms with van der Waals surface area (Å²) < 4.78 is 5.46. The van der Waals surface area contributed by atoms with Gasteiger partial charge in [0.15, 0.2) is 5.78 Å². The van der Waals surface area contributed by atoms with E-state index in [-0.39, 0.29) is 28.9 Å². The van der Waals surface area contributed by atoms with Crippen molar-refractivity contribution in [3.05, 3.63) is 33.2 Å². The Bertz CT molecular complexity index is 938. The van der Waals surface area contributed by atoms with Gasteiger partial charge in [-0.2, -0.15) is 0 Å². The van der Waals surface area contributed by atoms with Crippen molar-refractivity contribution < 1.29 is 19.1 Å². The van der Waals surface area contributed by atoms with Crippen LogP contribution in [0.4, 0.5) is 4.79 Å². The smallest absolute Gasteiger partial charge is 0.410 e. The molecule has 1 fully saturated rings. The van der Waals surface area contributed by atoms with E-state index in [1.165, 1.54) is 6.07 Å². The molecule has 2 aliphatic rings. The largest absolute Gasteiger partial charge is 0.444 e. The zero-order valence-corrected chi connectivity index (χ0v) is 19.1. The van der Waals surface area contributed by atoms with E-state index in [1.54, 1.807) is 4.90 Å². The number of H-pyrrole nitrogens is 1. The number of rotatable bonds is 6. The number of fused-ring (bicyclic) bond motifs is 1. The predicted octanol–water partition coefficient (Wildman–Crippen LogP) is 3.05. The van der Waals surface area contributed by atoms with Crippen LogP contribution in [0.5, 0.6) is 0 Å². The van der Waals surface area contributed by atoms with Gasteiger partial charge in [0.2, 0.25) is 0 Å². The highest BCUT2D eigenvalue weighted by Gasteiger charge is 2.35. The third-order valence-electron chi connectivity index (χ3n) is 5.44. The second-order valence-corrected chi connectivity index (χ2v) is 10.4. The number of carbonyl (C=O) groups excluding carboxylic acids is 3. The van der Waals surface area contributed by atoms with E-state index < -0.39 is 17.1 Å². The van der Waals surface area contributed by atoms with Gasteiger partial charge in [0.05, 0.1) is 0 Å². The second-order valence-electron chi connectivity index (χ2n) is 10.4. The quantitative estimate of drug-likeness (QED) is 0.673. The third kappa shape index (κ3) is 5.95. The highest BCUT2D eigenvalue weighted by molar-refractivity contribution is 6.02. The SMILES string of the molecule is CC1(C)CC(=O)c2cc(C(=O)NCCCN(C(=O)OC(C)(C)C)C3CC3)c(=O)[nH]c2C1. The number of ketones is 1. The standard InChI is InChI=1S/C23H33N3O5/c1-22(2,3)31-21(30)26(14-7-8-14)10-6-9-24-19(28)16-11-15-17(25-20(16)29)12-23(4,5)13-18(15)27/h11,14H,6-10,12-13H2,1-5H3,(H,24,28)(H,25,29). The highest BCUT2D eigenvalue weighted by Crippen LogP contribution is 2.33. The summed E-state index contributed by atoms with van der Waals surface area (Å²) in [5.74, 6) is -0.578. The fourth-order valence-electron chi connectivity index (χ4n) is 3.87. The minimum absolute atomic E-state index is 0.0574. The molecule has 2 N–H and O–H groups in total. The van der Waals surface area contributed by atoms with Gasteiger partial charge in [-0.25, -0.2) is 4.79 Å². The fourth-order valence-corrected chi connectivity index (χ4v) is 3.87. The summed E-state index contributed by atoms with van der Waals surface area (Å²) in [7, 11) is 0. The summed E-state index contributed by atoms with van der Waals surface area (Å²) in [5, 5.41) is 2.73. The van der Waals surface area contributed by atoms with Crippen LogP contribution in [0.25, 0.3) is 0 Å². The lowest BCUT2D eigenvalue weighted by Gasteiger charge is -2.29. The van der Waals surface area contributed by atoms with Gasteiger partial charge in [0, 0.05) is 36.8 Å². The monoisotopic (exact) mass is 431 g/mol. The summed E-state index contributed by atoms with van der Waals surface area (Å²) in [6, 6.07) is 1.61. The number of nitrogens with one attached hydrogen (secondary N) is 2. The van der Waals surface area contributed by atoms with Crippen LogP contribution in [-0.4, -0.2) is 52.4 Å². The molecule has 0 bridgehead atoms. The van der Waals surface area contributed by atoms with Gasteiger partial charge in [-0.15, -0.1) is 0 Å². The van der Waals surface area contributed by atoms with Crippen molar-refractivity contribution in [3.63, 3.8) is 0 Å². The Balaban J connectivity index is 1.58. The number of aromatic amines is 1. The number of pyridine rings is 1. The lowest BCUT2D eigenvalue weighted by atomic mass is 9.75. The number of nitrogens with zero attached hydrogens (tertiary/aromatic N) is 1. The molecule has 1 aromatic heterocycles. The molecule has 2 amide bonds. The molecular weight excluding hydrogens is 398 g/mol. The summed E-state index contributed by atoms with van der Waals surface area (Å²) in [6.45, 7) is 10.2. The topological polar surface area (TPSA) is 109 Å². The van der Waals surface area contributed by atoms with Crippen molar-refractivity contribution >= 4 is 17.8 Å². The van der Waals surface area contributed by atoms with Crippen LogP contribution < -0.4 is 10.9 Å². The maximum Gasteiger partial charge on any atom is 0.410 e. The zero-order valence-electron chi connectivity index (χ0n) is 19.1. The summed E-state index contributed by atoms with van der Waals surface area (Å²) in [4.78, 5) is 54.2. The Hall–Kier alpha value is -2.64. The molecule has 0 aliphatic heterocycles. The van der Waals surface area contributed by atoms with Crippen molar-refractivity contribution in [2.45, 2.75) is 78.4 Å². The molecule has 0 radical (unpaired) electrons. The molecule has 1 heterocycles. The number of hydrogen-bond donors (Lipinski definition) is 2. The summed E-state index contributed by atoms with van der Waals surface area (Å²) in [5.41, 5.74) is -0.293. The van der Waals surface area contributed by atoms with Crippen LogP contribution in [-0.2, 0) is 11.2 Å². The summed E-state index contributed by atoms with van der Waals surface area (Å²) in [6.07, 6.45) is 3.09. The molecule has 8 nitrogen and oxygen atoms in total. The van der Waals surface area contributed by atoms with E-state index in [1.807, 2.05) is 34.6 Å². The van der Waals surface area contributed by atoms with Crippen LogP contribution in [0, 0.1) is 5.41 Å². The lowest BCUT2D eigenvalue weighted by Crippen LogP contribution is -2.40. The molecular formula is C23H33N3O5. The average Bonchev–Trinajstić information content (AvgIpc) is 3.43. The van der Waals surface area contributed by atoms with Gasteiger partial charge < -0.3 is 19.9 Å². The number of carbonyl (C=O) groups is 3. The Morgan fingerprint density at radius 2 is 1.90 bits per heavy atom. The summed E-state index contributed by atoms with van der Waals surface area (Å²) >= 11 is 0. The number of Topliss-reactive ketones (excluding diaryl/α,β-unsaturated/α-hetero) is 1. The first-order valence-electron chi connectivity index (χ1n) is 10.9. The Labute approximate surface area is 182 Å². The molecule has 1 aromatic rings. The van der Waals surface area contributed by atoms with Crippen molar-refractivity contribution in [1.82, 2.24) is 15.2 Å². The van der Waals surface area contributed by atoms with E-state index in [0.29, 0.717) is 43.6 Å². The molecule has 0 spiro atoms. The molecule has 31 heavy (non-hydrogen) atoms. The minimum Gasteiger partial charge on any atom is -0.444 e. The van der Waals surface area contributed by atoms with Gasteiger partial charge in [-0.05, 0) is 57.9 Å². The lowest BCUT2D eigenvalue weighted by molar-refractivity contribution is 0.0232. The average molecular weight is 432 g/mol. The van der Waals surface area contributed by atoms with Crippen LogP contribution in [0.1, 0.15) is 86.7 Å². The Morgan fingerprint density at radius 1 is 1.23 bits per heavy atom. The fraction of sp³-hybridized carbons (Fsp3) is 0.652. The first-order valence-corrected chi connectivity index (χ1v) is 10.9. The van der Waals surface area contributed by atoms with Crippen molar-refractivity contribution in [3.8, 4) is 0 Å². The normalized spacial score (nSPS) is 17.6. The van der Waals surface area contributed by atoms with Gasteiger partial charge in [0.25, 0.3) is 11.5 Å². The van der Waals surface area contributed by atoms with Gasteiger partial charge in [-0.1, -0.05) is 13.8 Å². The highest BCUT2D eigenvalue weighted by atomic mass is 16.6. The maximum atomic E-state index is 12.6. The molecule has 0 saturated heterocycles. The number of amides is 2. The van der Waals surface area contributed by atoms with Crippen molar-refractivity contribution in [1.29, 1.82) is 0 Å². The molecule has 0 aromatic carbocycles. The molecule has 1 saturated carbocycles. The van der Waals surface area contributed by atoms with Crippen molar-refractivity contribution in [2.24, 2.45) is 5.41 Å². The third-order valence-corrected chi connectivity index (χ3v) is 5.44. The predicted molar refractivity (Wildman–Crippen MR) is 116 cm³/mol. The van der Waals surface area contributed by atoms with E-state index in [4.69, 9.17) is 4.74 Å². The Kier molecular flexibility index (Phi) is 6.30. The number of ether oxygens (including phenoxy) is 1. The van der Waals surface area contributed by atoms with Gasteiger partial charge in [0.1, 0.15) is 11.2 Å². The van der Waals surface area contributed by atoms with E-state index in [2.05, 4.69) is 10.3 Å². The number of hydrogen-bond acceptors (Lipinski definition) is 5. The van der Waals surface area contributed by atoms with E-state index in [9.17, 15) is 19.2 Å².